The van der Waals surface area contributed by atoms with Crippen molar-refractivity contribution < 1.29 is 53.8 Å². The van der Waals surface area contributed by atoms with Crippen molar-refractivity contribution in [1.29, 1.82) is 0 Å². The third-order valence-electron chi connectivity index (χ3n) is 6.73. The summed E-state index contributed by atoms with van der Waals surface area (Å²) in [4.78, 5) is 76.1. The van der Waals surface area contributed by atoms with E-state index in [4.69, 9.17) is 4.65 Å². The van der Waals surface area contributed by atoms with Crippen molar-refractivity contribution in [3.8, 4) is 11.5 Å². The summed E-state index contributed by atoms with van der Waals surface area (Å²) >= 11 is 0. The number of imide groups is 1. The van der Waals surface area contributed by atoms with Crippen LogP contribution in [-0.2, 0) is 20.8 Å². The van der Waals surface area contributed by atoms with E-state index < -0.39 is 66.1 Å². The maximum absolute atomic E-state index is 13.5. The number of para-hydroxylation sites is 1. The highest BCUT2D eigenvalue weighted by Gasteiger charge is 2.41. The van der Waals surface area contributed by atoms with Crippen molar-refractivity contribution in [2.75, 3.05) is 19.6 Å². The van der Waals surface area contributed by atoms with Crippen LogP contribution in [0.2, 0.25) is 0 Å². The number of piperazine rings is 1. The molecule has 0 aromatic heterocycles. The van der Waals surface area contributed by atoms with Gasteiger partial charge in [-0.2, -0.15) is 0 Å². The van der Waals surface area contributed by atoms with Crippen LogP contribution in [0.1, 0.15) is 44.8 Å². The van der Waals surface area contributed by atoms with Crippen molar-refractivity contribution in [3.05, 3.63) is 58.7 Å². The summed E-state index contributed by atoms with van der Waals surface area (Å²) in [5, 5.41) is 44.2. The summed E-state index contributed by atoms with van der Waals surface area (Å²) in [6.45, 7) is 1.84. The van der Waals surface area contributed by atoms with Gasteiger partial charge in [0, 0.05) is 19.6 Å². The van der Waals surface area contributed by atoms with Crippen LogP contribution in [0.3, 0.4) is 0 Å². The average molecular weight is 568 g/mol. The van der Waals surface area contributed by atoms with Crippen molar-refractivity contribution in [2.45, 2.75) is 25.3 Å². The molecule has 4 rings (SSSR count). The molecule has 2 aliphatic rings. The number of carbonyl (C=O) groups excluding carboxylic acids is 4. The largest absolute Gasteiger partial charge is 0.547 e. The van der Waals surface area contributed by atoms with Crippen LogP contribution >= 0.6 is 0 Å². The van der Waals surface area contributed by atoms with Gasteiger partial charge in [0.2, 0.25) is 5.91 Å². The molecule has 6 N–H and O–H groups in total. The van der Waals surface area contributed by atoms with Gasteiger partial charge in [0.05, 0.1) is 11.5 Å². The summed E-state index contributed by atoms with van der Waals surface area (Å²) < 4.78 is 5.38. The number of nitrogens with zero attached hydrogens (tertiary/aromatic N) is 2. The highest BCUT2D eigenvalue weighted by atomic mass is 16.5. The Labute approximate surface area is 232 Å². The van der Waals surface area contributed by atoms with Crippen LogP contribution in [-0.4, -0.2) is 98.5 Å². The topological polar surface area (TPSA) is 223 Å². The van der Waals surface area contributed by atoms with Gasteiger partial charge >= 0.3 is 36.9 Å². The molecule has 2 aliphatic heterocycles. The molecule has 5 amide bonds. The number of carboxylic acid groups (broad SMARTS) is 2. The summed E-state index contributed by atoms with van der Waals surface area (Å²) in [6, 6.07) is 4.69. The molecule has 0 bridgehead atoms. The number of benzene rings is 2. The monoisotopic (exact) mass is 568 g/mol. The number of carboxylic acids is 2. The van der Waals surface area contributed by atoms with Crippen molar-refractivity contribution >= 4 is 42.8 Å². The third-order valence-corrected chi connectivity index (χ3v) is 6.73. The van der Waals surface area contributed by atoms with E-state index in [1.54, 1.807) is 13.0 Å². The van der Waals surface area contributed by atoms with E-state index >= 15 is 0 Å². The Morgan fingerprint density at radius 1 is 1.05 bits per heavy atom. The predicted molar refractivity (Wildman–Crippen MR) is 138 cm³/mol. The van der Waals surface area contributed by atoms with E-state index in [0.717, 1.165) is 18.2 Å². The first kappa shape index (κ1) is 28.9. The highest BCUT2D eigenvalue weighted by Crippen LogP contribution is 2.31. The maximum atomic E-state index is 13.5. The Kier molecular flexibility index (Phi) is 8.14. The first-order valence-electron chi connectivity index (χ1n) is 12.4. The second kappa shape index (κ2) is 11.6. The zero-order valence-corrected chi connectivity index (χ0v) is 21.6. The van der Waals surface area contributed by atoms with Gasteiger partial charge in [-0.05, 0) is 42.7 Å². The molecule has 2 aromatic rings. The molecule has 41 heavy (non-hydrogen) atoms. The molecule has 2 aromatic carbocycles. The molecule has 16 heteroatoms. The zero-order valence-electron chi connectivity index (χ0n) is 21.6. The van der Waals surface area contributed by atoms with E-state index in [2.05, 4.69) is 10.6 Å². The average Bonchev–Trinajstić information content (AvgIpc) is 2.92. The molecule has 0 saturated carbocycles. The van der Waals surface area contributed by atoms with E-state index in [9.17, 15) is 49.1 Å². The Bertz CT molecular complexity index is 1450. The Balaban J connectivity index is 1.61. The van der Waals surface area contributed by atoms with Gasteiger partial charge in [0.15, 0.2) is 0 Å². The van der Waals surface area contributed by atoms with E-state index in [0.29, 0.717) is 10.5 Å². The second-order valence-electron chi connectivity index (χ2n) is 9.23. The number of nitrogens with one attached hydrogen (secondary N) is 2. The molecule has 1 fully saturated rings. The quantitative estimate of drug-likeness (QED) is 0.182. The number of rotatable bonds is 7. The zero-order chi connectivity index (χ0) is 30.0. The summed E-state index contributed by atoms with van der Waals surface area (Å²) in [5.74, 6) is -7.58. The molecule has 0 aliphatic carbocycles. The van der Waals surface area contributed by atoms with Gasteiger partial charge in [-0.3, -0.25) is 19.3 Å². The van der Waals surface area contributed by atoms with E-state index in [1.165, 1.54) is 17.0 Å². The van der Waals surface area contributed by atoms with Crippen LogP contribution in [0.15, 0.2) is 36.4 Å². The predicted octanol–water partition coefficient (Wildman–Crippen LogP) is -0.630. The maximum Gasteiger partial charge on any atom is 0.547 e. The first-order valence-corrected chi connectivity index (χ1v) is 12.4. The number of carbonyl (C=O) groups is 6. The third kappa shape index (κ3) is 5.77. The molecule has 214 valence electrons. The van der Waals surface area contributed by atoms with Crippen LogP contribution in [0.4, 0.5) is 4.79 Å². The molecular formula is C25H25BN4O11. The molecule has 1 saturated heterocycles. The number of phenols is 1. The van der Waals surface area contributed by atoms with Gasteiger partial charge in [0.25, 0.3) is 0 Å². The van der Waals surface area contributed by atoms with Gasteiger partial charge in [-0.15, -0.1) is 0 Å². The Morgan fingerprint density at radius 2 is 1.76 bits per heavy atom. The molecule has 2 heterocycles. The number of urea groups is 1. The standard InChI is InChI=1S/C25H25BN4O11/c1-2-29-8-9-30(22(34)21(29)33)25(39)28-18(12-6-7-14(23(35)36)16(31)10-12)20(32)27-17-11-13-4-3-5-15(24(37)38)19(13)41-26(17)40/h3-7,10,17-18,31,40H,2,8-9,11H2,1H3,(H,27,32)(H,28,39)(H,35,36)(H,37,38)/t17-,18?/m0/s1. The number of fused-ring (bicyclic) bond motifs is 1. The van der Waals surface area contributed by atoms with Crippen LogP contribution in [0, 0.1) is 0 Å². The number of hydrogen-bond donors (Lipinski definition) is 6. The number of amides is 5. The van der Waals surface area contributed by atoms with Gasteiger partial charge < -0.3 is 40.5 Å². The molecular weight excluding hydrogens is 543 g/mol. The molecule has 0 radical (unpaired) electrons. The SMILES string of the molecule is CCN1CCN(C(=O)NC(C(=O)N[C@H]2Cc3cccc(C(=O)O)c3OB2O)c2ccc(C(=O)O)c(O)c2)C(=O)C1=O. The van der Waals surface area contributed by atoms with Gasteiger partial charge in [-0.25, -0.2) is 14.4 Å². The number of hydrogen-bond acceptors (Lipinski definition) is 9. The Morgan fingerprint density at radius 3 is 2.39 bits per heavy atom. The van der Waals surface area contributed by atoms with Crippen LogP contribution < -0.4 is 15.3 Å². The lowest BCUT2D eigenvalue weighted by atomic mass is 9.72. The van der Waals surface area contributed by atoms with Crippen LogP contribution in [0.25, 0.3) is 0 Å². The smallest absolute Gasteiger partial charge is 0.534 e. The van der Waals surface area contributed by atoms with Crippen molar-refractivity contribution in [1.82, 2.24) is 20.4 Å². The lowest BCUT2D eigenvalue weighted by Crippen LogP contribution is -2.60. The normalized spacial score (nSPS) is 17.3. The minimum atomic E-state index is -1.69. The fraction of sp³-hybridized carbons (Fsp3) is 0.280. The number of aromatic carboxylic acids is 2. The lowest BCUT2D eigenvalue weighted by Gasteiger charge is -2.33. The fourth-order valence-corrected chi connectivity index (χ4v) is 4.56. The van der Waals surface area contributed by atoms with Crippen molar-refractivity contribution in [3.63, 3.8) is 0 Å². The number of likely N-dealkylation sites (N-methyl/N-ethyl adjacent to an activating group) is 1. The molecule has 1 unspecified atom stereocenters. The van der Waals surface area contributed by atoms with Gasteiger partial charge in [-0.1, -0.05) is 18.2 Å². The van der Waals surface area contributed by atoms with Crippen molar-refractivity contribution in [2.24, 2.45) is 0 Å². The minimum absolute atomic E-state index is 0.0564. The second-order valence-corrected chi connectivity index (χ2v) is 9.23. The fourth-order valence-electron chi connectivity index (χ4n) is 4.56. The van der Waals surface area contributed by atoms with Gasteiger partial charge in [0.1, 0.15) is 23.1 Å². The van der Waals surface area contributed by atoms with E-state index in [-0.39, 0.29) is 42.9 Å². The number of aromatic hydroxyl groups is 1. The summed E-state index contributed by atoms with van der Waals surface area (Å²) in [6.07, 6.45) is -0.0564. The highest BCUT2D eigenvalue weighted by molar-refractivity contribution is 6.47. The molecule has 2 atom stereocenters. The first-order chi connectivity index (χ1) is 19.4. The van der Waals surface area contributed by atoms with Crippen LogP contribution in [0.5, 0.6) is 11.5 Å². The van der Waals surface area contributed by atoms with E-state index in [1.807, 2.05) is 0 Å². The Hall–Kier alpha value is -5.12. The minimum Gasteiger partial charge on any atom is -0.534 e. The molecule has 0 spiro atoms. The molecule has 15 nitrogen and oxygen atoms in total. The summed E-state index contributed by atoms with van der Waals surface area (Å²) in [7, 11) is -1.69. The lowest BCUT2D eigenvalue weighted by molar-refractivity contribution is -0.153. The summed E-state index contributed by atoms with van der Waals surface area (Å²) in [5.41, 5.74) is -0.364.